The maximum absolute atomic E-state index is 3.47. The van der Waals surface area contributed by atoms with E-state index in [2.05, 4.69) is 58.6 Å². The van der Waals surface area contributed by atoms with Crippen LogP contribution in [0.25, 0.3) is 0 Å². The zero-order chi connectivity index (χ0) is 11.1. The lowest BCUT2D eigenvalue weighted by Crippen LogP contribution is -2.26. The fourth-order valence-electron chi connectivity index (χ4n) is 1.43. The van der Waals surface area contributed by atoms with Crippen LogP contribution in [0.15, 0.2) is 22.7 Å². The highest BCUT2D eigenvalue weighted by Gasteiger charge is 1.97. The van der Waals surface area contributed by atoms with Crippen LogP contribution in [0.2, 0.25) is 0 Å². The maximum atomic E-state index is 3.47. The molecular formula is C12H19BrN2. The molecule has 1 aromatic rings. The van der Waals surface area contributed by atoms with E-state index in [1.807, 2.05) is 0 Å². The third-order valence-electron chi connectivity index (χ3n) is 2.35. The summed E-state index contributed by atoms with van der Waals surface area (Å²) in [6, 6.07) is 6.41. The molecule has 0 spiro atoms. The number of hydrogen-bond acceptors (Lipinski definition) is 2. The van der Waals surface area contributed by atoms with Crippen LogP contribution in [-0.4, -0.2) is 19.6 Å². The number of halogens is 1. The summed E-state index contributed by atoms with van der Waals surface area (Å²) in [7, 11) is 0. The minimum atomic E-state index is 0.949. The van der Waals surface area contributed by atoms with Crippen LogP contribution >= 0.6 is 15.9 Å². The maximum Gasteiger partial charge on any atom is 0.0208 e. The van der Waals surface area contributed by atoms with Gasteiger partial charge in [-0.3, -0.25) is 0 Å². The molecule has 0 radical (unpaired) electrons. The molecule has 0 aromatic heterocycles. The number of likely N-dealkylation sites (N-methyl/N-ethyl adjacent to an activating group) is 1. The van der Waals surface area contributed by atoms with E-state index in [4.69, 9.17) is 0 Å². The molecular weight excluding hydrogens is 252 g/mol. The second-order valence-corrected chi connectivity index (χ2v) is 4.52. The summed E-state index contributed by atoms with van der Waals surface area (Å²) in [6.07, 6.45) is 0. The largest absolute Gasteiger partial charge is 0.316 e. The standard InChI is InChI=1S/C12H19BrN2/c1-3-14-6-7-15-9-11-4-5-12(13)8-10(11)2/h4-5,8,14-15H,3,6-7,9H2,1-2H3. The molecule has 0 aliphatic heterocycles. The van der Waals surface area contributed by atoms with Crippen LogP contribution in [0, 0.1) is 6.92 Å². The van der Waals surface area contributed by atoms with Crippen molar-refractivity contribution in [1.29, 1.82) is 0 Å². The average molecular weight is 271 g/mol. The van der Waals surface area contributed by atoms with Crippen molar-refractivity contribution in [3.63, 3.8) is 0 Å². The fourth-order valence-corrected chi connectivity index (χ4v) is 1.91. The fraction of sp³-hybridized carbons (Fsp3) is 0.500. The first-order valence-corrected chi connectivity index (χ1v) is 6.19. The van der Waals surface area contributed by atoms with Crippen molar-refractivity contribution in [3.8, 4) is 0 Å². The van der Waals surface area contributed by atoms with Gasteiger partial charge in [-0.2, -0.15) is 0 Å². The highest BCUT2D eigenvalue weighted by molar-refractivity contribution is 9.10. The molecule has 84 valence electrons. The lowest BCUT2D eigenvalue weighted by atomic mass is 10.1. The normalized spacial score (nSPS) is 10.6. The molecule has 0 amide bonds. The minimum Gasteiger partial charge on any atom is -0.316 e. The van der Waals surface area contributed by atoms with Gasteiger partial charge >= 0.3 is 0 Å². The van der Waals surface area contributed by atoms with E-state index in [1.165, 1.54) is 11.1 Å². The van der Waals surface area contributed by atoms with E-state index in [9.17, 15) is 0 Å². The predicted molar refractivity (Wildman–Crippen MR) is 69.1 cm³/mol. The van der Waals surface area contributed by atoms with Crippen molar-refractivity contribution in [2.24, 2.45) is 0 Å². The summed E-state index contributed by atoms with van der Waals surface area (Å²) in [4.78, 5) is 0. The monoisotopic (exact) mass is 270 g/mol. The van der Waals surface area contributed by atoms with Crippen molar-refractivity contribution in [3.05, 3.63) is 33.8 Å². The number of benzene rings is 1. The molecule has 0 aliphatic rings. The van der Waals surface area contributed by atoms with Gasteiger partial charge in [0.2, 0.25) is 0 Å². The Morgan fingerprint density at radius 1 is 1.20 bits per heavy atom. The molecule has 0 atom stereocenters. The van der Waals surface area contributed by atoms with Gasteiger partial charge in [0.05, 0.1) is 0 Å². The van der Waals surface area contributed by atoms with Crippen molar-refractivity contribution >= 4 is 15.9 Å². The minimum absolute atomic E-state index is 0.949. The van der Waals surface area contributed by atoms with Gasteiger partial charge in [-0.1, -0.05) is 28.9 Å². The van der Waals surface area contributed by atoms with Crippen molar-refractivity contribution in [1.82, 2.24) is 10.6 Å². The molecule has 0 unspecified atom stereocenters. The molecule has 1 aromatic carbocycles. The second-order valence-electron chi connectivity index (χ2n) is 3.60. The van der Waals surface area contributed by atoms with Gasteiger partial charge in [0, 0.05) is 24.1 Å². The number of aryl methyl sites for hydroxylation is 1. The van der Waals surface area contributed by atoms with E-state index >= 15 is 0 Å². The van der Waals surface area contributed by atoms with Gasteiger partial charge < -0.3 is 10.6 Å². The first kappa shape index (κ1) is 12.7. The molecule has 0 heterocycles. The highest BCUT2D eigenvalue weighted by Crippen LogP contribution is 2.15. The molecule has 2 N–H and O–H groups in total. The molecule has 2 nitrogen and oxygen atoms in total. The Kier molecular flexibility index (Phi) is 5.91. The van der Waals surface area contributed by atoms with Crippen LogP contribution in [-0.2, 0) is 6.54 Å². The summed E-state index contributed by atoms with van der Waals surface area (Å²) in [5, 5.41) is 6.71. The van der Waals surface area contributed by atoms with Crippen molar-refractivity contribution in [2.75, 3.05) is 19.6 Å². The van der Waals surface area contributed by atoms with E-state index in [0.29, 0.717) is 0 Å². The first-order valence-electron chi connectivity index (χ1n) is 5.40. The van der Waals surface area contributed by atoms with Crippen LogP contribution in [0.4, 0.5) is 0 Å². The van der Waals surface area contributed by atoms with Crippen LogP contribution < -0.4 is 10.6 Å². The average Bonchev–Trinajstić information content (AvgIpc) is 2.20. The first-order chi connectivity index (χ1) is 7.24. The number of rotatable bonds is 6. The third-order valence-corrected chi connectivity index (χ3v) is 2.84. The number of nitrogens with one attached hydrogen (secondary N) is 2. The van der Waals surface area contributed by atoms with E-state index in [-0.39, 0.29) is 0 Å². The zero-order valence-electron chi connectivity index (χ0n) is 9.44. The molecule has 0 saturated heterocycles. The SMILES string of the molecule is CCNCCNCc1ccc(Br)cc1C. The smallest absolute Gasteiger partial charge is 0.0208 e. The molecule has 15 heavy (non-hydrogen) atoms. The molecule has 1 rings (SSSR count). The molecule has 0 saturated carbocycles. The quantitative estimate of drug-likeness (QED) is 0.777. The van der Waals surface area contributed by atoms with Gasteiger partial charge in [-0.15, -0.1) is 0 Å². The van der Waals surface area contributed by atoms with Crippen molar-refractivity contribution < 1.29 is 0 Å². The molecule has 3 heteroatoms. The Morgan fingerprint density at radius 3 is 2.60 bits per heavy atom. The van der Waals surface area contributed by atoms with Gasteiger partial charge in [-0.05, 0) is 36.7 Å². The van der Waals surface area contributed by atoms with E-state index in [0.717, 1.165) is 30.7 Å². The topological polar surface area (TPSA) is 24.1 Å². The second kappa shape index (κ2) is 6.99. The number of hydrogen-bond donors (Lipinski definition) is 2. The van der Waals surface area contributed by atoms with Crippen molar-refractivity contribution in [2.45, 2.75) is 20.4 Å². The Hall–Kier alpha value is -0.380. The Morgan fingerprint density at radius 2 is 1.93 bits per heavy atom. The van der Waals surface area contributed by atoms with Crippen LogP contribution in [0.3, 0.4) is 0 Å². The third kappa shape index (κ3) is 4.78. The van der Waals surface area contributed by atoms with E-state index < -0.39 is 0 Å². The predicted octanol–water partition coefficient (Wildman–Crippen LogP) is 2.46. The molecule has 0 aliphatic carbocycles. The Labute approximate surface area is 101 Å². The Balaban J connectivity index is 2.31. The van der Waals surface area contributed by atoms with Gasteiger partial charge in [0.1, 0.15) is 0 Å². The zero-order valence-corrected chi connectivity index (χ0v) is 11.0. The summed E-state index contributed by atoms with van der Waals surface area (Å²) >= 11 is 3.47. The van der Waals surface area contributed by atoms with Gasteiger partial charge in [0.15, 0.2) is 0 Å². The van der Waals surface area contributed by atoms with Crippen LogP contribution in [0.5, 0.6) is 0 Å². The summed E-state index contributed by atoms with van der Waals surface area (Å²) in [6.45, 7) is 8.31. The lowest BCUT2D eigenvalue weighted by Gasteiger charge is -2.08. The molecule has 0 fully saturated rings. The van der Waals surface area contributed by atoms with Gasteiger partial charge in [-0.25, -0.2) is 0 Å². The van der Waals surface area contributed by atoms with E-state index in [1.54, 1.807) is 0 Å². The highest BCUT2D eigenvalue weighted by atomic mass is 79.9. The lowest BCUT2D eigenvalue weighted by molar-refractivity contribution is 0.624. The van der Waals surface area contributed by atoms with Gasteiger partial charge in [0.25, 0.3) is 0 Å². The summed E-state index contributed by atoms with van der Waals surface area (Å²) in [5.74, 6) is 0. The summed E-state index contributed by atoms with van der Waals surface area (Å²) < 4.78 is 1.15. The molecule has 0 bridgehead atoms. The summed E-state index contributed by atoms with van der Waals surface area (Å²) in [5.41, 5.74) is 2.70. The Bertz CT molecular complexity index is 300. The van der Waals surface area contributed by atoms with Crippen LogP contribution in [0.1, 0.15) is 18.1 Å².